The zero-order chi connectivity index (χ0) is 17.2. The summed E-state index contributed by atoms with van der Waals surface area (Å²) in [6.07, 6.45) is 0. The van der Waals surface area contributed by atoms with Crippen LogP contribution in [0.15, 0.2) is 70.9 Å². The van der Waals surface area contributed by atoms with E-state index >= 15 is 0 Å². The van der Waals surface area contributed by atoms with Crippen LogP contribution in [-0.2, 0) is 0 Å². The van der Waals surface area contributed by atoms with Gasteiger partial charge in [0.25, 0.3) is 0 Å². The van der Waals surface area contributed by atoms with Gasteiger partial charge in [-0.05, 0) is 52.0 Å². The Kier molecular flexibility index (Phi) is 4.14. The summed E-state index contributed by atoms with van der Waals surface area (Å²) < 4.78 is 0. The van der Waals surface area contributed by atoms with Crippen LogP contribution in [0.5, 0.6) is 0 Å². The van der Waals surface area contributed by atoms with Crippen LogP contribution >= 0.6 is 0 Å². The third-order valence-corrected chi connectivity index (χ3v) is 4.51. The average molecular weight is 320 g/mol. The van der Waals surface area contributed by atoms with E-state index in [0.717, 1.165) is 22.8 Å². The smallest absolute Gasteiger partial charge is 0.0609 e. The zero-order valence-corrected chi connectivity index (χ0v) is 14.7. The number of benzene rings is 2. The molecule has 0 radical (unpaired) electrons. The molecule has 4 nitrogen and oxygen atoms in total. The number of para-hydroxylation sites is 2. The number of hydrogen-bond acceptors (Lipinski definition) is 4. The second kappa shape index (κ2) is 6.11. The summed E-state index contributed by atoms with van der Waals surface area (Å²) in [5.41, 5.74) is 10.2. The van der Waals surface area contributed by atoms with E-state index < -0.39 is 0 Å². The first kappa shape index (κ1) is 16.2. The van der Waals surface area contributed by atoms with Crippen molar-refractivity contribution in [1.29, 1.82) is 0 Å². The van der Waals surface area contributed by atoms with Crippen LogP contribution in [0.4, 0.5) is 11.4 Å². The van der Waals surface area contributed by atoms with Gasteiger partial charge in [-0.2, -0.15) is 10.2 Å². The Morgan fingerprint density at radius 1 is 0.583 bits per heavy atom. The van der Waals surface area contributed by atoms with Gasteiger partial charge in [0.1, 0.15) is 0 Å². The summed E-state index contributed by atoms with van der Waals surface area (Å²) >= 11 is 0. The van der Waals surface area contributed by atoms with E-state index in [1.165, 1.54) is 0 Å². The molecule has 2 N–H and O–H groups in total. The van der Waals surface area contributed by atoms with Crippen LogP contribution in [-0.4, -0.2) is 11.4 Å². The van der Waals surface area contributed by atoms with E-state index in [4.69, 9.17) is 0 Å². The lowest BCUT2D eigenvalue weighted by Gasteiger charge is -2.51. The maximum Gasteiger partial charge on any atom is 0.0609 e. The van der Waals surface area contributed by atoms with E-state index in [1.54, 1.807) is 0 Å². The first-order valence-electron chi connectivity index (χ1n) is 8.22. The fourth-order valence-corrected chi connectivity index (χ4v) is 3.55. The molecular formula is C20H24N4. The molecule has 2 aromatic carbocycles. The van der Waals surface area contributed by atoms with Crippen molar-refractivity contribution >= 4 is 22.8 Å². The zero-order valence-electron chi connectivity index (χ0n) is 14.7. The van der Waals surface area contributed by atoms with Crippen molar-refractivity contribution in [3.8, 4) is 0 Å². The fraction of sp³-hybridized carbons (Fsp3) is 0.300. The third kappa shape index (κ3) is 2.92. The van der Waals surface area contributed by atoms with Crippen molar-refractivity contribution in [3.63, 3.8) is 0 Å². The number of rotatable bonds is 4. The van der Waals surface area contributed by atoms with Crippen LogP contribution in [0.1, 0.15) is 27.7 Å². The Morgan fingerprint density at radius 2 is 0.917 bits per heavy atom. The maximum atomic E-state index is 4.67. The Morgan fingerprint density at radius 3 is 1.25 bits per heavy atom. The average Bonchev–Trinajstić information content (AvgIpc) is 2.56. The molecular weight excluding hydrogens is 296 g/mol. The van der Waals surface area contributed by atoms with Crippen LogP contribution in [0.2, 0.25) is 0 Å². The van der Waals surface area contributed by atoms with Crippen LogP contribution < -0.4 is 10.9 Å². The minimum Gasteiger partial charge on any atom is -0.279 e. The summed E-state index contributed by atoms with van der Waals surface area (Å²) in [5, 5.41) is 9.34. The van der Waals surface area contributed by atoms with Gasteiger partial charge in [0, 0.05) is 10.8 Å². The van der Waals surface area contributed by atoms with Gasteiger partial charge < -0.3 is 0 Å². The molecule has 0 atom stereocenters. The lowest BCUT2D eigenvalue weighted by Crippen LogP contribution is -2.62. The van der Waals surface area contributed by atoms with Crippen LogP contribution in [0.25, 0.3) is 0 Å². The molecule has 3 rings (SSSR count). The lowest BCUT2D eigenvalue weighted by atomic mass is 9.52. The summed E-state index contributed by atoms with van der Waals surface area (Å²) in [7, 11) is 0. The van der Waals surface area contributed by atoms with E-state index in [9.17, 15) is 0 Å². The number of anilines is 2. The first-order valence-corrected chi connectivity index (χ1v) is 8.22. The van der Waals surface area contributed by atoms with E-state index in [2.05, 4.69) is 48.7 Å². The highest BCUT2D eigenvalue weighted by Crippen LogP contribution is 2.48. The molecule has 0 bridgehead atoms. The Balaban J connectivity index is 1.79. The highest BCUT2D eigenvalue weighted by Gasteiger charge is 2.57. The Bertz CT molecular complexity index is 675. The topological polar surface area (TPSA) is 48.8 Å². The minimum atomic E-state index is -0.174. The quantitative estimate of drug-likeness (QED) is 0.780. The molecule has 0 spiro atoms. The minimum absolute atomic E-state index is 0.174. The van der Waals surface area contributed by atoms with Gasteiger partial charge >= 0.3 is 0 Å². The number of hydrogen-bond donors (Lipinski definition) is 2. The van der Waals surface area contributed by atoms with Crippen molar-refractivity contribution in [3.05, 3.63) is 60.7 Å². The molecule has 4 heteroatoms. The molecule has 2 aromatic rings. The van der Waals surface area contributed by atoms with E-state index in [1.807, 2.05) is 60.7 Å². The number of nitrogens with one attached hydrogen (secondary N) is 2. The predicted octanol–water partition coefficient (Wildman–Crippen LogP) is 4.99. The molecule has 0 saturated heterocycles. The van der Waals surface area contributed by atoms with Crippen molar-refractivity contribution in [2.75, 3.05) is 10.9 Å². The number of hydrazone groups is 2. The molecule has 1 aliphatic rings. The molecule has 24 heavy (non-hydrogen) atoms. The van der Waals surface area contributed by atoms with Gasteiger partial charge in [-0.1, -0.05) is 36.4 Å². The summed E-state index contributed by atoms with van der Waals surface area (Å²) in [6, 6.07) is 20.0. The monoisotopic (exact) mass is 320 g/mol. The number of nitrogens with zero attached hydrogens (tertiary/aromatic N) is 2. The van der Waals surface area contributed by atoms with Gasteiger partial charge in [0.2, 0.25) is 0 Å². The second-order valence-corrected chi connectivity index (χ2v) is 7.13. The molecule has 1 saturated carbocycles. The van der Waals surface area contributed by atoms with Gasteiger partial charge in [0.05, 0.1) is 22.8 Å². The van der Waals surface area contributed by atoms with Crippen molar-refractivity contribution in [2.45, 2.75) is 27.7 Å². The van der Waals surface area contributed by atoms with Crippen molar-refractivity contribution < 1.29 is 0 Å². The van der Waals surface area contributed by atoms with Crippen LogP contribution in [0, 0.1) is 10.8 Å². The normalized spacial score (nSPS) is 17.7. The van der Waals surface area contributed by atoms with E-state index in [0.29, 0.717) is 0 Å². The highest BCUT2D eigenvalue weighted by molar-refractivity contribution is 6.34. The third-order valence-electron chi connectivity index (χ3n) is 4.51. The molecule has 1 aliphatic carbocycles. The van der Waals surface area contributed by atoms with Gasteiger partial charge in [-0.25, -0.2) is 0 Å². The van der Waals surface area contributed by atoms with Crippen molar-refractivity contribution in [1.82, 2.24) is 0 Å². The lowest BCUT2D eigenvalue weighted by molar-refractivity contribution is 0.487. The molecule has 0 unspecified atom stereocenters. The SMILES string of the molecule is CC1(C)C(=NNc2ccccc2)C(C)(C)C1=NNc1ccccc1. The summed E-state index contributed by atoms with van der Waals surface area (Å²) in [5.74, 6) is 0. The molecule has 0 aliphatic heterocycles. The fourth-order valence-electron chi connectivity index (χ4n) is 3.55. The van der Waals surface area contributed by atoms with E-state index in [-0.39, 0.29) is 10.8 Å². The first-order chi connectivity index (χ1) is 11.4. The predicted molar refractivity (Wildman–Crippen MR) is 103 cm³/mol. The Labute approximate surface area is 143 Å². The van der Waals surface area contributed by atoms with Gasteiger partial charge in [-0.3, -0.25) is 10.9 Å². The van der Waals surface area contributed by atoms with Crippen LogP contribution in [0.3, 0.4) is 0 Å². The maximum absolute atomic E-state index is 4.67. The summed E-state index contributed by atoms with van der Waals surface area (Å²) in [6.45, 7) is 8.65. The molecule has 124 valence electrons. The molecule has 0 aromatic heterocycles. The molecule has 1 fully saturated rings. The standard InChI is InChI=1S/C20H24N4/c1-19(2)17(23-21-15-11-7-5-8-12-15)20(3,4)18(19)24-22-16-13-9-6-10-14-16/h5-14,21-22H,1-4H3. The largest absolute Gasteiger partial charge is 0.279 e. The van der Waals surface area contributed by atoms with Gasteiger partial charge in [-0.15, -0.1) is 0 Å². The molecule has 0 heterocycles. The second-order valence-electron chi connectivity index (χ2n) is 7.13. The molecule has 0 amide bonds. The van der Waals surface area contributed by atoms with Crippen molar-refractivity contribution in [2.24, 2.45) is 21.0 Å². The Hall–Kier alpha value is -2.62. The summed E-state index contributed by atoms with van der Waals surface area (Å²) in [4.78, 5) is 0. The highest BCUT2D eigenvalue weighted by atomic mass is 15.3. The van der Waals surface area contributed by atoms with Gasteiger partial charge in [0.15, 0.2) is 0 Å².